The monoisotopic (exact) mass is 758 g/mol. The van der Waals surface area contributed by atoms with E-state index < -0.39 is 35.0 Å². The van der Waals surface area contributed by atoms with Gasteiger partial charge in [-0.15, -0.1) is 0 Å². The number of methoxy groups -OCH3 is 2. The molecule has 0 saturated carbocycles. The first-order chi connectivity index (χ1) is 25.1. The van der Waals surface area contributed by atoms with Gasteiger partial charge in [0.1, 0.15) is 17.1 Å². The minimum Gasteiger partial charge on any atom is -0.468 e. The third kappa shape index (κ3) is 18.4. The van der Waals surface area contributed by atoms with Crippen molar-refractivity contribution in [3.05, 3.63) is 70.8 Å². The number of ketones is 1. The molecule has 0 saturated heterocycles. The Morgan fingerprint density at radius 1 is 0.852 bits per heavy atom. The van der Waals surface area contributed by atoms with E-state index in [4.69, 9.17) is 33.4 Å². The molecule has 2 aromatic rings. The lowest BCUT2D eigenvalue weighted by Gasteiger charge is -2.30. The molecule has 0 radical (unpaired) electrons. The topological polar surface area (TPSA) is 243 Å². The summed E-state index contributed by atoms with van der Waals surface area (Å²) in [6.07, 6.45) is 8.33. The SMILES string of the molecule is C=CC(=O)OC(C)(C)C.COC(=O)c1cncc(C)c1CCOC=O.COC(=O)c1cncc2c1C(C)CC(C(=O)OC(C)(C)C)C2=O.O=C=O.O=C=O. The van der Waals surface area contributed by atoms with Gasteiger partial charge in [0.2, 0.25) is 0 Å². The lowest BCUT2D eigenvalue weighted by atomic mass is 9.76. The van der Waals surface area contributed by atoms with Crippen LogP contribution in [0.15, 0.2) is 37.4 Å². The predicted molar refractivity (Wildman–Crippen MR) is 184 cm³/mol. The second kappa shape index (κ2) is 24.9. The Morgan fingerprint density at radius 2 is 1.33 bits per heavy atom. The molecule has 1 aliphatic rings. The van der Waals surface area contributed by atoms with Crippen LogP contribution in [0.1, 0.15) is 109 Å². The number of ether oxygens (including phenoxy) is 5. The summed E-state index contributed by atoms with van der Waals surface area (Å²) in [5.74, 6) is -3.26. The fraction of sp³-hybridized carbons (Fsp3) is 0.459. The van der Waals surface area contributed by atoms with E-state index in [-0.39, 0.29) is 42.1 Å². The minimum atomic E-state index is -0.869. The average Bonchev–Trinajstić information content (AvgIpc) is 3.09. The molecule has 17 heteroatoms. The van der Waals surface area contributed by atoms with Crippen molar-refractivity contribution >= 4 is 48.4 Å². The molecule has 2 aromatic heterocycles. The molecule has 2 heterocycles. The van der Waals surface area contributed by atoms with Crippen LogP contribution in [0.25, 0.3) is 0 Å². The summed E-state index contributed by atoms with van der Waals surface area (Å²) in [5.41, 5.74) is 2.18. The largest absolute Gasteiger partial charge is 0.468 e. The molecule has 2 unspecified atom stereocenters. The fourth-order valence-corrected chi connectivity index (χ4v) is 4.57. The zero-order valence-electron chi connectivity index (χ0n) is 32.0. The first-order valence-corrected chi connectivity index (χ1v) is 15.9. The Balaban J connectivity index is 0. The molecule has 294 valence electrons. The van der Waals surface area contributed by atoms with Gasteiger partial charge in [0.05, 0.1) is 32.0 Å². The molecule has 0 N–H and O–H groups in total. The number of rotatable bonds is 8. The van der Waals surface area contributed by atoms with E-state index in [0.717, 1.165) is 17.2 Å². The molecule has 1 aliphatic carbocycles. The molecule has 0 amide bonds. The number of aryl methyl sites for hydroxylation is 1. The van der Waals surface area contributed by atoms with E-state index in [1.807, 2.05) is 34.6 Å². The van der Waals surface area contributed by atoms with Crippen molar-refractivity contribution < 1.29 is 71.6 Å². The molecule has 54 heavy (non-hydrogen) atoms. The highest BCUT2D eigenvalue weighted by molar-refractivity contribution is 6.11. The Labute approximate surface area is 312 Å². The van der Waals surface area contributed by atoms with E-state index in [1.54, 1.807) is 27.0 Å². The quantitative estimate of drug-likeness (QED) is 0.0929. The van der Waals surface area contributed by atoms with Crippen LogP contribution < -0.4 is 0 Å². The van der Waals surface area contributed by atoms with Crippen molar-refractivity contribution in [2.75, 3.05) is 20.8 Å². The maximum Gasteiger partial charge on any atom is 0.373 e. The Bertz CT molecular complexity index is 1660. The summed E-state index contributed by atoms with van der Waals surface area (Å²) >= 11 is 0. The maximum atomic E-state index is 12.7. The number of Topliss-reactive ketones (excluding diaryl/α,β-unsaturated/α-hetero) is 1. The van der Waals surface area contributed by atoms with Gasteiger partial charge in [-0.3, -0.25) is 24.4 Å². The first kappa shape index (κ1) is 49.9. The van der Waals surface area contributed by atoms with Crippen molar-refractivity contribution in [2.24, 2.45) is 5.92 Å². The smallest absolute Gasteiger partial charge is 0.373 e. The number of hydrogen-bond donors (Lipinski definition) is 0. The van der Waals surface area contributed by atoms with Crippen LogP contribution in [0.5, 0.6) is 0 Å². The highest BCUT2D eigenvalue weighted by Gasteiger charge is 2.40. The van der Waals surface area contributed by atoms with Crippen LogP contribution in [0.3, 0.4) is 0 Å². The van der Waals surface area contributed by atoms with Gasteiger partial charge in [-0.05, 0) is 77.5 Å². The van der Waals surface area contributed by atoms with Crippen molar-refractivity contribution in [2.45, 2.75) is 85.4 Å². The third-order valence-electron chi connectivity index (χ3n) is 6.54. The second-order valence-corrected chi connectivity index (χ2v) is 12.8. The standard InChI is InChI=1S/C17H21NO5.C11H13NO4.C7H12O2.2CO2/c1-9-6-10(16(21)23-17(2,3)4)14(19)11-7-18-8-12(13(9)11)15(20)22-5;1-8-5-12-6-10(11(14)15-2)9(8)3-4-16-7-13;1-5-6(8)9-7(2,3)4;2*2-1-3/h7-10H,6H2,1-5H3;5-7H,3-4H2,1-2H3;5H,1H2,2-4H3;;. The van der Waals surface area contributed by atoms with Crippen LogP contribution in [-0.2, 0) is 63.7 Å². The third-order valence-corrected chi connectivity index (χ3v) is 6.54. The van der Waals surface area contributed by atoms with Crippen molar-refractivity contribution in [3.63, 3.8) is 0 Å². The fourth-order valence-electron chi connectivity index (χ4n) is 4.57. The van der Waals surface area contributed by atoms with Gasteiger partial charge in [0.15, 0.2) is 5.78 Å². The molecule has 0 spiro atoms. The van der Waals surface area contributed by atoms with Crippen molar-refractivity contribution in [1.82, 2.24) is 9.97 Å². The van der Waals surface area contributed by atoms with E-state index >= 15 is 0 Å². The normalized spacial score (nSPS) is 13.7. The first-order valence-electron chi connectivity index (χ1n) is 15.9. The number of fused-ring (bicyclic) bond motifs is 1. The summed E-state index contributed by atoms with van der Waals surface area (Å²) in [7, 11) is 2.59. The predicted octanol–water partition coefficient (Wildman–Crippen LogP) is 3.76. The van der Waals surface area contributed by atoms with Crippen LogP contribution in [-0.4, -0.2) is 90.4 Å². The van der Waals surface area contributed by atoms with Crippen LogP contribution in [0.4, 0.5) is 0 Å². The molecule has 0 fully saturated rings. The average molecular weight is 759 g/mol. The number of nitrogens with zero attached hydrogens (tertiary/aromatic N) is 2. The Hall–Kier alpha value is -6.18. The van der Waals surface area contributed by atoms with Gasteiger partial charge in [-0.1, -0.05) is 13.5 Å². The van der Waals surface area contributed by atoms with Crippen molar-refractivity contribution in [1.29, 1.82) is 0 Å². The summed E-state index contributed by atoms with van der Waals surface area (Å²) in [6.45, 7) is 18.3. The van der Waals surface area contributed by atoms with Gasteiger partial charge >= 0.3 is 36.2 Å². The molecule has 3 rings (SSSR count). The number of hydrogen-bond acceptors (Lipinski definition) is 17. The summed E-state index contributed by atoms with van der Waals surface area (Å²) in [6, 6.07) is 0. The zero-order chi connectivity index (χ0) is 42.2. The summed E-state index contributed by atoms with van der Waals surface area (Å²) in [4.78, 5) is 109. The van der Waals surface area contributed by atoms with Crippen LogP contribution in [0.2, 0.25) is 0 Å². The molecular formula is C37H46N2O15. The molecular weight excluding hydrogens is 712 g/mol. The molecule has 0 bridgehead atoms. The maximum absolute atomic E-state index is 12.7. The lowest BCUT2D eigenvalue weighted by molar-refractivity contribution is -0.193. The highest BCUT2D eigenvalue weighted by atomic mass is 16.6. The number of aromatic nitrogens is 2. The lowest BCUT2D eigenvalue weighted by Crippen LogP contribution is -2.37. The number of carbonyl (C=O) groups excluding carboxylic acids is 10. The second-order valence-electron chi connectivity index (χ2n) is 12.8. The van der Waals surface area contributed by atoms with Crippen LogP contribution >= 0.6 is 0 Å². The molecule has 2 atom stereocenters. The summed E-state index contributed by atoms with van der Waals surface area (Å²) < 4.78 is 24.2. The van der Waals surface area contributed by atoms with Gasteiger partial charge in [-0.25, -0.2) is 14.4 Å². The van der Waals surface area contributed by atoms with E-state index in [9.17, 15) is 28.8 Å². The van der Waals surface area contributed by atoms with E-state index in [0.29, 0.717) is 36.0 Å². The Kier molecular flexibility index (Phi) is 23.0. The van der Waals surface area contributed by atoms with E-state index in [2.05, 4.69) is 26.0 Å². The minimum absolute atomic E-state index is 0.155. The highest BCUT2D eigenvalue weighted by Crippen LogP contribution is 2.37. The van der Waals surface area contributed by atoms with Crippen molar-refractivity contribution in [3.8, 4) is 0 Å². The van der Waals surface area contributed by atoms with Gasteiger partial charge < -0.3 is 23.7 Å². The number of esters is 4. The molecule has 0 aromatic carbocycles. The van der Waals surface area contributed by atoms with Gasteiger partial charge in [0, 0.05) is 42.8 Å². The molecule has 17 nitrogen and oxygen atoms in total. The van der Waals surface area contributed by atoms with Gasteiger partial charge in [-0.2, -0.15) is 19.2 Å². The van der Waals surface area contributed by atoms with Crippen LogP contribution in [0, 0.1) is 12.8 Å². The Morgan fingerprint density at radius 3 is 1.78 bits per heavy atom. The zero-order valence-corrected chi connectivity index (χ0v) is 32.0. The number of pyridine rings is 2. The van der Waals surface area contributed by atoms with Gasteiger partial charge in [0.25, 0.3) is 6.47 Å². The van der Waals surface area contributed by atoms with E-state index in [1.165, 1.54) is 32.8 Å². The summed E-state index contributed by atoms with van der Waals surface area (Å²) in [5, 5.41) is 0. The molecule has 0 aliphatic heterocycles. The number of carbonyl (C=O) groups is 6.